The number of rotatable bonds is 15. The molecule has 0 saturated carbocycles. The first-order chi connectivity index (χ1) is 9.92. The highest BCUT2D eigenvalue weighted by Crippen LogP contribution is 2.28. The van der Waals surface area contributed by atoms with Gasteiger partial charge in [-0.2, -0.15) is 0 Å². The van der Waals surface area contributed by atoms with Crippen LogP contribution in [0.5, 0.6) is 0 Å². The fourth-order valence-electron chi connectivity index (χ4n) is 2.30. The maximum atomic E-state index is 5.50. The maximum Gasteiger partial charge on any atom is 0.0671 e. The van der Waals surface area contributed by atoms with Crippen LogP contribution in [0.1, 0.15) is 77.6 Å². The van der Waals surface area contributed by atoms with E-state index in [2.05, 4.69) is 38.4 Å². The summed E-state index contributed by atoms with van der Waals surface area (Å²) < 4.78 is 5.78. The molecule has 4 heteroatoms. The van der Waals surface area contributed by atoms with Gasteiger partial charge in [0.05, 0.1) is 9.46 Å². The predicted molar refractivity (Wildman–Crippen MR) is 107 cm³/mol. The number of unbranched alkanes of at least 4 members (excludes halogenated alkanes) is 9. The van der Waals surface area contributed by atoms with E-state index in [0.29, 0.717) is 0 Å². The smallest absolute Gasteiger partial charge is 0.0671 e. The zero-order chi connectivity index (χ0) is 16.0. The van der Waals surface area contributed by atoms with Gasteiger partial charge in [0.15, 0.2) is 0 Å². The van der Waals surface area contributed by atoms with Crippen LogP contribution in [0, 0.1) is 0 Å². The average molecular weight is 442 g/mol. The largest absolute Gasteiger partial charge is 0.377 e. The van der Waals surface area contributed by atoms with Crippen LogP contribution in [0.4, 0.5) is 0 Å². The highest BCUT2D eigenvalue weighted by molar-refractivity contribution is 9.26. The third-order valence-corrected chi connectivity index (χ3v) is 4.80. The molecule has 0 aliphatic rings. The summed E-state index contributed by atoms with van der Waals surface area (Å²) in [6.45, 7) is 7.47. The van der Waals surface area contributed by atoms with Gasteiger partial charge in [0.1, 0.15) is 0 Å². The Balaban J connectivity index is 3.04. The number of hydrogen-bond donors (Lipinski definition) is 0. The summed E-state index contributed by atoms with van der Waals surface area (Å²) in [6.07, 6.45) is 14.9. The monoisotopic (exact) mass is 440 g/mol. The SMILES string of the molecule is C=C(C)COCCCCCCCCCCCCC([SiH3])(Br)Br. The Hall–Kier alpha value is 0.877. The van der Waals surface area contributed by atoms with Crippen molar-refractivity contribution < 1.29 is 4.74 Å². The van der Waals surface area contributed by atoms with Crippen molar-refractivity contribution >= 4 is 42.1 Å². The molecule has 0 saturated heterocycles. The molecule has 0 heterocycles. The fraction of sp³-hybridized carbons (Fsp3) is 0.882. The minimum Gasteiger partial charge on any atom is -0.377 e. The van der Waals surface area contributed by atoms with Crippen molar-refractivity contribution in [3.63, 3.8) is 0 Å². The molecule has 0 radical (unpaired) electrons. The van der Waals surface area contributed by atoms with Crippen molar-refractivity contribution in [2.24, 2.45) is 0 Å². The van der Waals surface area contributed by atoms with Gasteiger partial charge >= 0.3 is 0 Å². The molecule has 0 spiro atoms. The molecule has 0 fully saturated rings. The minimum atomic E-state index is 0.286. The molecule has 0 bridgehead atoms. The summed E-state index contributed by atoms with van der Waals surface area (Å²) >= 11 is 7.37. The molecule has 21 heavy (non-hydrogen) atoms. The third-order valence-electron chi connectivity index (χ3n) is 3.50. The van der Waals surface area contributed by atoms with Crippen molar-refractivity contribution in [1.82, 2.24) is 0 Å². The summed E-state index contributed by atoms with van der Waals surface area (Å²) in [4.78, 5) is 0. The summed E-state index contributed by atoms with van der Waals surface area (Å²) in [7, 11) is 1.17. The molecule has 0 N–H and O–H groups in total. The van der Waals surface area contributed by atoms with Gasteiger partial charge in [-0.3, -0.25) is 0 Å². The predicted octanol–water partition coefficient (Wildman–Crippen LogP) is 5.68. The van der Waals surface area contributed by atoms with Crippen molar-refractivity contribution in [1.29, 1.82) is 0 Å². The summed E-state index contributed by atoms with van der Waals surface area (Å²) in [5.74, 6) is 0. The van der Waals surface area contributed by atoms with E-state index in [4.69, 9.17) is 4.74 Å². The minimum absolute atomic E-state index is 0.286. The second-order valence-corrected chi connectivity index (χ2v) is 15.6. The van der Waals surface area contributed by atoms with E-state index >= 15 is 0 Å². The molecule has 0 aromatic rings. The lowest BCUT2D eigenvalue weighted by molar-refractivity contribution is 0.151. The Morgan fingerprint density at radius 2 is 1.33 bits per heavy atom. The molecule has 1 nitrogen and oxygen atoms in total. The van der Waals surface area contributed by atoms with Crippen LogP contribution in [0.2, 0.25) is 0 Å². The number of halogens is 2. The second kappa shape index (κ2) is 14.5. The molecule has 0 aromatic carbocycles. The van der Waals surface area contributed by atoms with Gasteiger partial charge in [-0.1, -0.05) is 102 Å². The van der Waals surface area contributed by atoms with Crippen LogP contribution in [0.15, 0.2) is 12.2 Å². The van der Waals surface area contributed by atoms with E-state index in [1.807, 2.05) is 6.92 Å². The number of alkyl halides is 2. The average Bonchev–Trinajstić information content (AvgIpc) is 2.37. The van der Waals surface area contributed by atoms with Gasteiger partial charge in [0.25, 0.3) is 0 Å². The maximum absolute atomic E-state index is 5.50. The Labute approximate surface area is 152 Å². The van der Waals surface area contributed by atoms with Crippen LogP contribution < -0.4 is 0 Å². The second-order valence-electron chi connectivity index (χ2n) is 6.37. The van der Waals surface area contributed by atoms with E-state index in [-0.39, 0.29) is 2.86 Å². The van der Waals surface area contributed by atoms with Crippen LogP contribution in [0.25, 0.3) is 0 Å². The van der Waals surface area contributed by atoms with E-state index in [9.17, 15) is 0 Å². The van der Waals surface area contributed by atoms with Gasteiger partial charge in [0, 0.05) is 16.8 Å². The Kier molecular flexibility index (Phi) is 15.1. The van der Waals surface area contributed by atoms with Crippen LogP contribution in [0.3, 0.4) is 0 Å². The zero-order valence-electron chi connectivity index (χ0n) is 14.1. The van der Waals surface area contributed by atoms with Crippen molar-refractivity contribution in [3.8, 4) is 0 Å². The standard InChI is InChI=1S/C17H34Br2OSi/c1-16(2)15-20-14-12-10-8-6-4-3-5-7-9-11-13-17(18,19)21/h1,3-15H2,2,21H3. The van der Waals surface area contributed by atoms with Crippen LogP contribution >= 0.6 is 31.9 Å². The fourth-order valence-corrected chi connectivity index (χ4v) is 3.21. The van der Waals surface area contributed by atoms with E-state index in [0.717, 1.165) is 18.8 Å². The molecule has 126 valence electrons. The lowest BCUT2D eigenvalue weighted by atomic mass is 10.1. The van der Waals surface area contributed by atoms with Gasteiger partial charge < -0.3 is 4.74 Å². The van der Waals surface area contributed by atoms with Crippen molar-refractivity contribution in [3.05, 3.63) is 12.2 Å². The number of hydrogen-bond acceptors (Lipinski definition) is 1. The van der Waals surface area contributed by atoms with E-state index in [1.165, 1.54) is 80.9 Å². The molecule has 0 unspecified atom stereocenters. The molecule has 0 aliphatic heterocycles. The molecular formula is C17H34Br2OSi. The normalized spacial score (nSPS) is 12.0. The summed E-state index contributed by atoms with van der Waals surface area (Å²) in [5, 5.41) is 0. The first-order valence-corrected chi connectivity index (χ1v) is 11.1. The zero-order valence-corrected chi connectivity index (χ0v) is 19.2. The molecule has 0 rings (SSSR count). The van der Waals surface area contributed by atoms with Crippen LogP contribution in [-0.2, 0) is 4.74 Å². The highest BCUT2D eigenvalue weighted by Gasteiger charge is 2.13. The first-order valence-electron chi connectivity index (χ1n) is 8.52. The summed E-state index contributed by atoms with van der Waals surface area (Å²) in [6, 6.07) is 0. The summed E-state index contributed by atoms with van der Waals surface area (Å²) in [5.41, 5.74) is 1.12. The topological polar surface area (TPSA) is 9.23 Å². The highest BCUT2D eigenvalue weighted by atomic mass is 79.9. The van der Waals surface area contributed by atoms with Gasteiger partial charge in [-0.15, -0.1) is 0 Å². The Morgan fingerprint density at radius 3 is 1.76 bits per heavy atom. The molecule has 0 aliphatic carbocycles. The molecular weight excluding hydrogens is 408 g/mol. The lowest BCUT2D eigenvalue weighted by Crippen LogP contribution is -2.09. The van der Waals surface area contributed by atoms with Crippen molar-refractivity contribution in [2.75, 3.05) is 13.2 Å². The van der Waals surface area contributed by atoms with Gasteiger partial charge in [-0.05, 0) is 19.8 Å². The van der Waals surface area contributed by atoms with E-state index < -0.39 is 0 Å². The lowest BCUT2D eigenvalue weighted by Gasteiger charge is -2.13. The number of ether oxygens (including phenoxy) is 1. The van der Waals surface area contributed by atoms with Crippen molar-refractivity contribution in [2.45, 2.75) is 80.4 Å². The van der Waals surface area contributed by atoms with Gasteiger partial charge in [0.2, 0.25) is 0 Å². The molecule has 0 aromatic heterocycles. The Morgan fingerprint density at radius 1 is 0.905 bits per heavy atom. The third kappa shape index (κ3) is 20.9. The van der Waals surface area contributed by atoms with Gasteiger partial charge in [-0.25, -0.2) is 0 Å². The molecule has 0 amide bonds. The Bertz CT molecular complexity index is 252. The van der Waals surface area contributed by atoms with Crippen LogP contribution in [-0.4, -0.2) is 26.3 Å². The molecule has 0 atom stereocenters. The first kappa shape index (κ1) is 21.9. The quantitative estimate of drug-likeness (QED) is 0.137. The van der Waals surface area contributed by atoms with E-state index in [1.54, 1.807) is 0 Å².